The lowest BCUT2D eigenvalue weighted by molar-refractivity contribution is -0.145. The molecule has 1 N–H and O–H groups in total. The maximum Gasteiger partial charge on any atom is 0.344 e. The molecule has 1 aromatic heterocycles. The predicted octanol–water partition coefficient (Wildman–Crippen LogP) is 3.71. The fourth-order valence-electron chi connectivity index (χ4n) is 3.04. The number of hydrogen-bond donors (Lipinski definition) is 1. The van der Waals surface area contributed by atoms with Gasteiger partial charge in [-0.3, -0.25) is 0 Å². The Hall–Kier alpha value is -3.33. The molecule has 0 fully saturated rings. The van der Waals surface area contributed by atoms with Gasteiger partial charge in [0.2, 0.25) is 17.3 Å². The highest BCUT2D eigenvalue weighted by Gasteiger charge is 2.27. The Balaban J connectivity index is 1.71. The second kappa shape index (κ2) is 9.00. The van der Waals surface area contributed by atoms with Crippen molar-refractivity contribution in [3.8, 4) is 22.9 Å². The van der Waals surface area contributed by atoms with E-state index in [-0.39, 0.29) is 6.61 Å². The van der Waals surface area contributed by atoms with Crippen LogP contribution in [0.1, 0.15) is 18.7 Å². The van der Waals surface area contributed by atoms with Gasteiger partial charge in [-0.2, -0.15) is 4.98 Å². The summed E-state index contributed by atoms with van der Waals surface area (Å²) in [4.78, 5) is 16.2. The van der Waals surface area contributed by atoms with E-state index in [1.165, 1.54) is 11.8 Å². The lowest BCUT2D eigenvalue weighted by Crippen LogP contribution is -2.20. The Bertz CT molecular complexity index is 1060. The SMILES string of the molecule is CCOC(=O)COc1ccccc1[C@H]1Nc2ccccc2-c2nnc(SC)nc2O1. The summed E-state index contributed by atoms with van der Waals surface area (Å²) in [6.07, 6.45) is 1.26. The molecule has 2 heterocycles. The van der Waals surface area contributed by atoms with Crippen LogP contribution in [0.3, 0.4) is 0 Å². The van der Waals surface area contributed by atoms with E-state index < -0.39 is 12.2 Å². The standard InChI is InChI=1S/C21H20N4O4S/c1-3-27-17(26)12-28-16-11-7-5-9-14(16)19-22-15-10-6-4-8-13(15)18-20(29-19)23-21(30-2)25-24-18/h4-11,19,22H,3,12H2,1-2H3/t19-/m0/s1. The van der Waals surface area contributed by atoms with Gasteiger partial charge in [-0.1, -0.05) is 42.1 Å². The molecule has 1 atom stereocenters. The van der Waals surface area contributed by atoms with Crippen molar-refractivity contribution in [1.82, 2.24) is 15.2 Å². The summed E-state index contributed by atoms with van der Waals surface area (Å²) in [6.45, 7) is 1.86. The van der Waals surface area contributed by atoms with Crippen LogP contribution in [0.25, 0.3) is 11.3 Å². The molecule has 3 aromatic rings. The van der Waals surface area contributed by atoms with Crippen molar-refractivity contribution in [3.63, 3.8) is 0 Å². The molecule has 9 heteroatoms. The summed E-state index contributed by atoms with van der Waals surface area (Å²) in [7, 11) is 0. The van der Waals surface area contributed by atoms with Crippen LogP contribution < -0.4 is 14.8 Å². The number of ether oxygens (including phenoxy) is 3. The lowest BCUT2D eigenvalue weighted by atomic mass is 10.1. The monoisotopic (exact) mass is 424 g/mol. The van der Waals surface area contributed by atoms with Gasteiger partial charge in [0, 0.05) is 11.3 Å². The number of aromatic nitrogens is 3. The van der Waals surface area contributed by atoms with E-state index in [4.69, 9.17) is 14.2 Å². The topological polar surface area (TPSA) is 95.5 Å². The molecule has 0 saturated carbocycles. The number of hydrogen-bond acceptors (Lipinski definition) is 9. The number of anilines is 1. The van der Waals surface area contributed by atoms with Gasteiger partial charge in [-0.15, -0.1) is 10.2 Å². The van der Waals surface area contributed by atoms with Gasteiger partial charge in [-0.05, 0) is 31.4 Å². The van der Waals surface area contributed by atoms with Gasteiger partial charge in [0.15, 0.2) is 12.3 Å². The van der Waals surface area contributed by atoms with E-state index in [9.17, 15) is 4.79 Å². The first-order valence-electron chi connectivity index (χ1n) is 9.38. The van der Waals surface area contributed by atoms with Gasteiger partial charge in [0.1, 0.15) is 5.75 Å². The molecule has 0 unspecified atom stereocenters. The van der Waals surface area contributed by atoms with E-state index in [1.54, 1.807) is 13.0 Å². The van der Waals surface area contributed by atoms with Crippen molar-refractivity contribution in [3.05, 3.63) is 54.1 Å². The number of carbonyl (C=O) groups is 1. The molecule has 8 nitrogen and oxygen atoms in total. The third kappa shape index (κ3) is 4.16. The first-order chi connectivity index (χ1) is 14.7. The van der Waals surface area contributed by atoms with Gasteiger partial charge in [0.25, 0.3) is 0 Å². The quantitative estimate of drug-likeness (QED) is 0.469. The van der Waals surface area contributed by atoms with Gasteiger partial charge in [-0.25, -0.2) is 4.79 Å². The number of nitrogens with zero attached hydrogens (tertiary/aromatic N) is 3. The number of thioether (sulfide) groups is 1. The average Bonchev–Trinajstić information content (AvgIpc) is 2.94. The first kappa shape index (κ1) is 20.0. The average molecular weight is 424 g/mol. The zero-order valence-electron chi connectivity index (χ0n) is 16.5. The van der Waals surface area contributed by atoms with Crippen molar-refractivity contribution < 1.29 is 19.0 Å². The smallest absolute Gasteiger partial charge is 0.344 e. The zero-order chi connectivity index (χ0) is 20.9. The number of rotatable bonds is 6. The summed E-state index contributed by atoms with van der Waals surface area (Å²) in [5, 5.41) is 12.4. The highest BCUT2D eigenvalue weighted by Crippen LogP contribution is 2.40. The van der Waals surface area contributed by atoms with Crippen molar-refractivity contribution in [2.24, 2.45) is 0 Å². The summed E-state index contributed by atoms with van der Waals surface area (Å²) in [5.74, 6) is 0.451. The van der Waals surface area contributed by atoms with Gasteiger partial charge in [0.05, 0.1) is 12.2 Å². The van der Waals surface area contributed by atoms with E-state index in [0.717, 1.165) is 11.3 Å². The number of carbonyl (C=O) groups excluding carboxylic acids is 1. The Labute approximate surface area is 178 Å². The predicted molar refractivity (Wildman–Crippen MR) is 113 cm³/mol. The van der Waals surface area contributed by atoms with Crippen LogP contribution in [0.2, 0.25) is 0 Å². The molecule has 0 amide bonds. The minimum absolute atomic E-state index is 0.189. The number of nitrogens with one attached hydrogen (secondary N) is 1. The first-order valence-corrected chi connectivity index (χ1v) is 10.6. The molecule has 0 spiro atoms. The minimum atomic E-state index is -0.614. The Morgan fingerprint density at radius 3 is 2.80 bits per heavy atom. The third-order valence-electron chi connectivity index (χ3n) is 4.37. The fraction of sp³-hybridized carbons (Fsp3) is 0.238. The molecule has 2 aromatic carbocycles. The molecule has 1 aliphatic heterocycles. The molecule has 4 rings (SSSR count). The summed E-state index contributed by atoms with van der Waals surface area (Å²) in [6, 6.07) is 15.1. The molecule has 30 heavy (non-hydrogen) atoms. The lowest BCUT2D eigenvalue weighted by Gasteiger charge is -2.21. The molecule has 0 saturated heterocycles. The second-order valence-corrected chi connectivity index (χ2v) is 7.04. The van der Waals surface area contributed by atoms with Gasteiger partial charge < -0.3 is 19.5 Å². The van der Waals surface area contributed by atoms with Crippen molar-refractivity contribution in [2.75, 3.05) is 24.8 Å². The Kier molecular flexibility index (Phi) is 5.99. The van der Waals surface area contributed by atoms with Crippen molar-refractivity contribution in [1.29, 1.82) is 0 Å². The molecule has 0 aliphatic carbocycles. The minimum Gasteiger partial charge on any atom is -0.481 e. The number of esters is 1. The maximum absolute atomic E-state index is 11.7. The third-order valence-corrected chi connectivity index (χ3v) is 4.91. The number of fused-ring (bicyclic) bond motifs is 3. The van der Waals surface area contributed by atoms with Crippen molar-refractivity contribution in [2.45, 2.75) is 18.3 Å². The van der Waals surface area contributed by atoms with Crippen LogP contribution in [0, 0.1) is 0 Å². The van der Waals surface area contributed by atoms with E-state index in [0.29, 0.717) is 34.7 Å². The van der Waals surface area contributed by atoms with E-state index >= 15 is 0 Å². The Morgan fingerprint density at radius 1 is 1.17 bits per heavy atom. The van der Waals surface area contributed by atoms with E-state index in [2.05, 4.69) is 20.5 Å². The van der Waals surface area contributed by atoms with E-state index in [1.807, 2.05) is 48.7 Å². The van der Waals surface area contributed by atoms with Crippen LogP contribution in [-0.4, -0.2) is 40.6 Å². The Morgan fingerprint density at radius 2 is 1.97 bits per heavy atom. The highest BCUT2D eigenvalue weighted by molar-refractivity contribution is 7.98. The number of benzene rings is 2. The second-order valence-electron chi connectivity index (χ2n) is 6.27. The van der Waals surface area contributed by atoms with Crippen LogP contribution in [0.4, 0.5) is 5.69 Å². The summed E-state index contributed by atoms with van der Waals surface area (Å²) in [5.41, 5.74) is 2.94. The molecular formula is C21H20N4O4S. The molecule has 0 bridgehead atoms. The van der Waals surface area contributed by atoms with Gasteiger partial charge >= 0.3 is 5.97 Å². The van der Waals surface area contributed by atoms with Crippen molar-refractivity contribution >= 4 is 23.4 Å². The van der Waals surface area contributed by atoms with Crippen LogP contribution in [0.5, 0.6) is 11.6 Å². The van der Waals surface area contributed by atoms with Crippen LogP contribution in [-0.2, 0) is 9.53 Å². The normalized spacial score (nSPS) is 14.4. The number of para-hydroxylation sites is 2. The fourth-order valence-corrected chi connectivity index (χ4v) is 3.34. The molecule has 1 aliphatic rings. The highest BCUT2D eigenvalue weighted by atomic mass is 32.2. The summed E-state index contributed by atoms with van der Waals surface area (Å²) < 4.78 is 16.9. The molecular weight excluding hydrogens is 404 g/mol. The van der Waals surface area contributed by atoms with Crippen LogP contribution in [0.15, 0.2) is 53.7 Å². The summed E-state index contributed by atoms with van der Waals surface area (Å²) >= 11 is 1.38. The largest absolute Gasteiger partial charge is 0.481 e. The molecule has 154 valence electrons. The maximum atomic E-state index is 11.7. The molecule has 0 radical (unpaired) electrons. The van der Waals surface area contributed by atoms with Crippen LogP contribution >= 0.6 is 11.8 Å². The zero-order valence-corrected chi connectivity index (χ0v) is 17.3.